The summed E-state index contributed by atoms with van der Waals surface area (Å²) in [4.78, 5) is 2.52. The summed E-state index contributed by atoms with van der Waals surface area (Å²) in [5, 5.41) is 12.3. The lowest BCUT2D eigenvalue weighted by molar-refractivity contribution is 0.216. The zero-order chi connectivity index (χ0) is 15.4. The van der Waals surface area contributed by atoms with Gasteiger partial charge in [-0.3, -0.25) is 0 Å². The van der Waals surface area contributed by atoms with Crippen LogP contribution in [-0.2, 0) is 5.41 Å². The monoisotopic (exact) mass is 292 g/mol. The molecule has 114 valence electrons. The molecule has 1 atom stereocenters. The van der Waals surface area contributed by atoms with E-state index in [1.165, 1.54) is 48.7 Å². The molecule has 2 aromatic rings. The van der Waals surface area contributed by atoms with Gasteiger partial charge in [-0.05, 0) is 62.2 Å². The third-order valence-electron chi connectivity index (χ3n) is 5.01. The Balaban J connectivity index is 1.86. The normalized spacial score (nSPS) is 18.7. The van der Waals surface area contributed by atoms with E-state index in [1.54, 1.807) is 0 Å². The summed E-state index contributed by atoms with van der Waals surface area (Å²) in [7, 11) is 0. The summed E-state index contributed by atoms with van der Waals surface area (Å²) in [6.07, 6.45) is 4.86. The van der Waals surface area contributed by atoms with E-state index in [9.17, 15) is 5.26 Å². The van der Waals surface area contributed by atoms with Crippen molar-refractivity contribution in [3.8, 4) is 6.07 Å². The molecule has 0 saturated carbocycles. The van der Waals surface area contributed by atoms with E-state index in [4.69, 9.17) is 0 Å². The Labute approximate surface area is 133 Å². The van der Waals surface area contributed by atoms with Gasteiger partial charge >= 0.3 is 0 Å². The van der Waals surface area contributed by atoms with E-state index in [-0.39, 0.29) is 0 Å². The van der Waals surface area contributed by atoms with Crippen molar-refractivity contribution in [3.63, 3.8) is 0 Å². The number of nitrogens with zero attached hydrogens (tertiary/aromatic N) is 2. The minimum atomic E-state index is -0.418. The molecule has 2 nitrogen and oxygen atoms in total. The van der Waals surface area contributed by atoms with E-state index in [0.29, 0.717) is 0 Å². The summed E-state index contributed by atoms with van der Waals surface area (Å²) in [6.45, 7) is 5.50. The van der Waals surface area contributed by atoms with Gasteiger partial charge in [0.25, 0.3) is 0 Å². The molecule has 2 aromatic carbocycles. The highest BCUT2D eigenvalue weighted by atomic mass is 15.1. The topological polar surface area (TPSA) is 27.0 Å². The third kappa shape index (κ3) is 3.00. The van der Waals surface area contributed by atoms with Crippen LogP contribution in [0.15, 0.2) is 42.5 Å². The Hall–Kier alpha value is -1.85. The zero-order valence-corrected chi connectivity index (χ0v) is 13.4. The molecule has 0 radical (unpaired) electrons. The maximum Gasteiger partial charge on any atom is 0.0812 e. The predicted octanol–water partition coefficient (Wildman–Crippen LogP) is 4.50. The smallest absolute Gasteiger partial charge is 0.0812 e. The Morgan fingerprint density at radius 1 is 1.05 bits per heavy atom. The van der Waals surface area contributed by atoms with Crippen LogP contribution >= 0.6 is 0 Å². The molecule has 0 bridgehead atoms. The van der Waals surface area contributed by atoms with Crippen LogP contribution in [0, 0.1) is 11.3 Å². The molecule has 0 amide bonds. The van der Waals surface area contributed by atoms with Crippen molar-refractivity contribution in [1.82, 2.24) is 4.90 Å². The van der Waals surface area contributed by atoms with E-state index in [1.807, 2.05) is 0 Å². The summed E-state index contributed by atoms with van der Waals surface area (Å²) in [5.41, 5.74) is 0.753. The van der Waals surface area contributed by atoms with Gasteiger partial charge in [-0.15, -0.1) is 0 Å². The standard InChI is InChI=1S/C20H24N2/c1-20(16-21,12-15-22-13-5-2-6-14-22)19-11-7-9-17-8-3-4-10-18(17)19/h3-4,7-11H,2,5-6,12-15H2,1H3/t20-/m0/s1. The first-order valence-corrected chi connectivity index (χ1v) is 8.35. The first-order valence-electron chi connectivity index (χ1n) is 8.35. The molecule has 22 heavy (non-hydrogen) atoms. The number of rotatable bonds is 4. The zero-order valence-electron chi connectivity index (χ0n) is 13.4. The summed E-state index contributed by atoms with van der Waals surface area (Å²) in [5.74, 6) is 0. The fourth-order valence-corrected chi connectivity index (χ4v) is 3.52. The highest BCUT2D eigenvalue weighted by molar-refractivity contribution is 5.87. The molecule has 0 spiro atoms. The van der Waals surface area contributed by atoms with Crippen molar-refractivity contribution in [2.45, 2.75) is 38.0 Å². The first kappa shape index (κ1) is 15.1. The van der Waals surface area contributed by atoms with Gasteiger partial charge in [0.15, 0.2) is 0 Å². The second-order valence-electron chi connectivity index (χ2n) is 6.62. The van der Waals surface area contributed by atoms with Crippen LogP contribution in [0.3, 0.4) is 0 Å². The number of fused-ring (bicyclic) bond motifs is 1. The summed E-state index contributed by atoms with van der Waals surface area (Å²) < 4.78 is 0. The Morgan fingerprint density at radius 3 is 2.55 bits per heavy atom. The van der Waals surface area contributed by atoms with Crippen molar-refractivity contribution >= 4 is 10.8 Å². The molecule has 0 aromatic heterocycles. The van der Waals surface area contributed by atoms with Gasteiger partial charge in [0.05, 0.1) is 11.5 Å². The Bertz CT molecular complexity index is 674. The van der Waals surface area contributed by atoms with Crippen LogP contribution in [-0.4, -0.2) is 24.5 Å². The lowest BCUT2D eigenvalue weighted by Crippen LogP contribution is -2.34. The quantitative estimate of drug-likeness (QED) is 0.829. The molecule has 1 heterocycles. The van der Waals surface area contributed by atoms with Crippen LogP contribution in [0.5, 0.6) is 0 Å². The van der Waals surface area contributed by atoms with Crippen molar-refractivity contribution in [2.75, 3.05) is 19.6 Å². The fraction of sp³-hybridized carbons (Fsp3) is 0.450. The summed E-state index contributed by atoms with van der Waals surface area (Å²) >= 11 is 0. The van der Waals surface area contributed by atoms with Crippen LogP contribution in [0.4, 0.5) is 0 Å². The maximum absolute atomic E-state index is 9.86. The number of hydrogen-bond acceptors (Lipinski definition) is 2. The largest absolute Gasteiger partial charge is 0.303 e. The third-order valence-corrected chi connectivity index (χ3v) is 5.01. The number of benzene rings is 2. The van der Waals surface area contributed by atoms with Gasteiger partial charge in [-0.2, -0.15) is 5.26 Å². The minimum absolute atomic E-state index is 0.418. The van der Waals surface area contributed by atoms with Crippen LogP contribution < -0.4 is 0 Å². The average molecular weight is 292 g/mol. The molecular weight excluding hydrogens is 268 g/mol. The lowest BCUT2D eigenvalue weighted by Gasteiger charge is -2.30. The van der Waals surface area contributed by atoms with Crippen molar-refractivity contribution in [3.05, 3.63) is 48.0 Å². The van der Waals surface area contributed by atoms with Gasteiger partial charge in [0.1, 0.15) is 0 Å². The van der Waals surface area contributed by atoms with Gasteiger partial charge in [0.2, 0.25) is 0 Å². The number of piperidine rings is 1. The molecule has 1 aliphatic rings. The molecule has 1 aliphatic heterocycles. The van der Waals surface area contributed by atoms with Crippen molar-refractivity contribution in [1.29, 1.82) is 5.26 Å². The Morgan fingerprint density at radius 2 is 1.77 bits per heavy atom. The summed E-state index contributed by atoms with van der Waals surface area (Å²) in [6, 6.07) is 17.3. The van der Waals surface area contributed by atoms with Crippen molar-refractivity contribution < 1.29 is 0 Å². The molecule has 0 N–H and O–H groups in total. The van der Waals surface area contributed by atoms with Crippen LogP contribution in [0.1, 0.15) is 38.2 Å². The molecule has 1 fully saturated rings. The molecular formula is C20H24N2. The van der Waals surface area contributed by atoms with E-state index in [2.05, 4.69) is 60.4 Å². The second-order valence-corrected chi connectivity index (χ2v) is 6.62. The lowest BCUT2D eigenvalue weighted by atomic mass is 9.78. The van der Waals surface area contributed by atoms with Crippen LogP contribution in [0.25, 0.3) is 10.8 Å². The molecule has 2 heteroatoms. The average Bonchev–Trinajstić information content (AvgIpc) is 2.60. The van der Waals surface area contributed by atoms with E-state index >= 15 is 0 Å². The minimum Gasteiger partial charge on any atom is -0.303 e. The molecule has 0 aliphatic carbocycles. The number of nitriles is 1. The van der Waals surface area contributed by atoms with Crippen molar-refractivity contribution in [2.24, 2.45) is 0 Å². The fourth-order valence-electron chi connectivity index (χ4n) is 3.52. The Kier molecular flexibility index (Phi) is 4.45. The molecule has 1 saturated heterocycles. The van der Waals surface area contributed by atoms with Crippen LogP contribution in [0.2, 0.25) is 0 Å². The number of hydrogen-bond donors (Lipinski definition) is 0. The maximum atomic E-state index is 9.86. The first-order chi connectivity index (χ1) is 10.7. The van der Waals surface area contributed by atoms with Gasteiger partial charge < -0.3 is 4.90 Å². The van der Waals surface area contributed by atoms with E-state index in [0.717, 1.165) is 13.0 Å². The highest BCUT2D eigenvalue weighted by Gasteiger charge is 2.29. The predicted molar refractivity (Wildman–Crippen MR) is 91.8 cm³/mol. The highest BCUT2D eigenvalue weighted by Crippen LogP contribution is 2.33. The molecule has 3 rings (SSSR count). The molecule has 0 unspecified atom stereocenters. The van der Waals surface area contributed by atoms with Gasteiger partial charge in [-0.1, -0.05) is 48.9 Å². The second kappa shape index (κ2) is 6.50. The number of likely N-dealkylation sites (tertiary alicyclic amines) is 1. The van der Waals surface area contributed by atoms with Gasteiger partial charge in [0, 0.05) is 0 Å². The van der Waals surface area contributed by atoms with Gasteiger partial charge in [-0.25, -0.2) is 0 Å². The SMILES string of the molecule is C[C@@](C#N)(CCN1CCCCC1)c1cccc2ccccc12. The van der Waals surface area contributed by atoms with E-state index < -0.39 is 5.41 Å².